The molecule has 0 spiro atoms. The van der Waals surface area contributed by atoms with E-state index in [1.807, 2.05) is 6.07 Å². The maximum atomic E-state index is 13.4. The number of halogens is 1. The van der Waals surface area contributed by atoms with Crippen molar-refractivity contribution in [2.45, 2.75) is 19.9 Å². The monoisotopic (exact) mass is 271 g/mol. The maximum Gasteiger partial charge on any atom is 0.165 e. The van der Waals surface area contributed by atoms with Gasteiger partial charge < -0.3 is 10.0 Å². The Labute approximate surface area is 118 Å². The number of rotatable bonds is 2. The maximum absolute atomic E-state index is 13.4. The molecule has 3 heteroatoms. The molecule has 104 valence electrons. The highest BCUT2D eigenvalue weighted by molar-refractivity contribution is 5.56. The van der Waals surface area contributed by atoms with Crippen LogP contribution >= 0.6 is 0 Å². The van der Waals surface area contributed by atoms with Crippen molar-refractivity contribution in [1.29, 1.82) is 0 Å². The molecule has 0 amide bonds. The van der Waals surface area contributed by atoms with E-state index in [0.717, 1.165) is 13.0 Å². The molecule has 0 aliphatic carbocycles. The van der Waals surface area contributed by atoms with Crippen LogP contribution in [-0.2, 0) is 13.0 Å². The summed E-state index contributed by atoms with van der Waals surface area (Å²) in [4.78, 5) is 2.22. The van der Waals surface area contributed by atoms with Gasteiger partial charge in [-0.3, -0.25) is 0 Å². The van der Waals surface area contributed by atoms with Gasteiger partial charge in [0.2, 0.25) is 0 Å². The predicted molar refractivity (Wildman–Crippen MR) is 78.4 cm³/mol. The Bertz CT molecular complexity index is 626. The third-order valence-electron chi connectivity index (χ3n) is 3.86. The summed E-state index contributed by atoms with van der Waals surface area (Å²) in [7, 11) is 0. The molecule has 2 nitrogen and oxygen atoms in total. The summed E-state index contributed by atoms with van der Waals surface area (Å²) < 4.78 is 13.4. The van der Waals surface area contributed by atoms with Gasteiger partial charge in [0.15, 0.2) is 11.6 Å². The number of aromatic hydroxyl groups is 1. The quantitative estimate of drug-likeness (QED) is 0.899. The largest absolute Gasteiger partial charge is 0.505 e. The van der Waals surface area contributed by atoms with E-state index >= 15 is 0 Å². The molecule has 2 aromatic carbocycles. The summed E-state index contributed by atoms with van der Waals surface area (Å²) in [6, 6.07) is 13.0. The topological polar surface area (TPSA) is 23.5 Å². The average Bonchev–Trinajstić information content (AvgIpc) is 2.43. The molecule has 1 aliphatic heterocycles. The molecule has 2 aromatic rings. The number of fused-ring (bicyclic) bond motifs is 1. The second-order valence-electron chi connectivity index (χ2n) is 5.57. The van der Waals surface area contributed by atoms with Gasteiger partial charge in [-0.05, 0) is 30.0 Å². The van der Waals surface area contributed by atoms with Gasteiger partial charge in [0, 0.05) is 24.3 Å². The van der Waals surface area contributed by atoms with Gasteiger partial charge in [-0.15, -0.1) is 0 Å². The molecule has 1 unspecified atom stereocenters. The minimum absolute atomic E-state index is 0.233. The number of phenolic OH excluding ortho intramolecular Hbond substituents is 1. The number of nitrogens with zero attached hydrogens (tertiary/aromatic N) is 1. The Morgan fingerprint density at radius 1 is 1.20 bits per heavy atom. The number of benzene rings is 2. The van der Waals surface area contributed by atoms with Crippen molar-refractivity contribution >= 4 is 5.69 Å². The lowest BCUT2D eigenvalue weighted by Crippen LogP contribution is -2.33. The fourth-order valence-electron chi connectivity index (χ4n) is 2.95. The highest BCUT2D eigenvalue weighted by atomic mass is 19.1. The van der Waals surface area contributed by atoms with Crippen LogP contribution in [0.2, 0.25) is 0 Å². The van der Waals surface area contributed by atoms with E-state index in [4.69, 9.17) is 0 Å². The molecule has 1 N–H and O–H groups in total. The van der Waals surface area contributed by atoms with Gasteiger partial charge in [0.05, 0.1) is 0 Å². The van der Waals surface area contributed by atoms with Gasteiger partial charge in [0.25, 0.3) is 0 Å². The van der Waals surface area contributed by atoms with Gasteiger partial charge in [-0.1, -0.05) is 37.3 Å². The highest BCUT2D eigenvalue weighted by Gasteiger charge is 2.22. The molecule has 0 bridgehead atoms. The number of hydrogen-bond acceptors (Lipinski definition) is 2. The first-order chi connectivity index (χ1) is 9.65. The minimum Gasteiger partial charge on any atom is -0.505 e. The van der Waals surface area contributed by atoms with Crippen LogP contribution in [0.5, 0.6) is 5.75 Å². The van der Waals surface area contributed by atoms with Crippen LogP contribution < -0.4 is 4.90 Å². The van der Waals surface area contributed by atoms with Crippen molar-refractivity contribution in [3.63, 3.8) is 0 Å². The Morgan fingerprint density at radius 3 is 2.85 bits per heavy atom. The molecule has 1 atom stereocenters. The zero-order chi connectivity index (χ0) is 14.1. The van der Waals surface area contributed by atoms with Crippen molar-refractivity contribution in [1.82, 2.24) is 0 Å². The Morgan fingerprint density at radius 2 is 2.00 bits per heavy atom. The summed E-state index contributed by atoms with van der Waals surface area (Å²) in [6.45, 7) is 3.67. The standard InChI is InChI=1S/C17H18FNO/c1-12-9-13-5-2-3-8-16(13)19(10-12)11-14-6-4-7-15(18)17(14)20/h2-8,12,20H,9-11H2,1H3. The summed E-state index contributed by atoms with van der Waals surface area (Å²) in [5.74, 6) is -0.232. The molecule has 20 heavy (non-hydrogen) atoms. The zero-order valence-corrected chi connectivity index (χ0v) is 11.5. The van der Waals surface area contributed by atoms with Crippen molar-refractivity contribution < 1.29 is 9.50 Å². The number of phenols is 1. The first-order valence-corrected chi connectivity index (χ1v) is 6.94. The van der Waals surface area contributed by atoms with Crippen LogP contribution in [0.25, 0.3) is 0 Å². The van der Waals surface area contributed by atoms with Crippen LogP contribution in [0, 0.1) is 11.7 Å². The van der Waals surface area contributed by atoms with E-state index in [1.54, 1.807) is 12.1 Å². The molecule has 0 fully saturated rings. The number of hydrogen-bond donors (Lipinski definition) is 1. The predicted octanol–water partition coefficient (Wildman–Crippen LogP) is 3.73. The minimum atomic E-state index is -0.555. The lowest BCUT2D eigenvalue weighted by molar-refractivity contribution is 0.423. The molecule has 0 radical (unpaired) electrons. The first-order valence-electron chi connectivity index (χ1n) is 6.94. The highest BCUT2D eigenvalue weighted by Crippen LogP contribution is 2.32. The first kappa shape index (κ1) is 13.0. The number of para-hydroxylation sites is 2. The van der Waals surface area contributed by atoms with Crippen LogP contribution in [0.1, 0.15) is 18.1 Å². The molecule has 1 heterocycles. The fraction of sp³-hybridized carbons (Fsp3) is 0.294. The van der Waals surface area contributed by atoms with Gasteiger partial charge in [0.1, 0.15) is 0 Å². The average molecular weight is 271 g/mol. The molecule has 0 saturated heterocycles. The zero-order valence-electron chi connectivity index (χ0n) is 11.5. The lowest BCUT2D eigenvalue weighted by Gasteiger charge is -2.35. The summed E-state index contributed by atoms with van der Waals surface area (Å²) >= 11 is 0. The molecule has 3 rings (SSSR count). The van der Waals surface area contributed by atoms with Gasteiger partial charge >= 0.3 is 0 Å². The molecule has 0 aromatic heterocycles. The fourth-order valence-corrected chi connectivity index (χ4v) is 2.95. The van der Waals surface area contributed by atoms with Crippen LogP contribution in [0.4, 0.5) is 10.1 Å². The van der Waals surface area contributed by atoms with Gasteiger partial charge in [-0.25, -0.2) is 4.39 Å². The van der Waals surface area contributed by atoms with E-state index in [0.29, 0.717) is 18.0 Å². The smallest absolute Gasteiger partial charge is 0.165 e. The molecule has 0 saturated carbocycles. The van der Waals surface area contributed by atoms with Crippen molar-refractivity contribution in [3.05, 3.63) is 59.4 Å². The third kappa shape index (κ3) is 2.36. The van der Waals surface area contributed by atoms with Crippen molar-refractivity contribution in [2.24, 2.45) is 5.92 Å². The lowest BCUT2D eigenvalue weighted by atomic mass is 9.93. The van der Waals surface area contributed by atoms with Crippen molar-refractivity contribution in [2.75, 3.05) is 11.4 Å². The van der Waals surface area contributed by atoms with E-state index in [-0.39, 0.29) is 5.75 Å². The molecular formula is C17H18FNO. The van der Waals surface area contributed by atoms with Gasteiger partial charge in [-0.2, -0.15) is 0 Å². The van der Waals surface area contributed by atoms with Crippen molar-refractivity contribution in [3.8, 4) is 5.75 Å². The Hall–Kier alpha value is -2.03. The van der Waals surface area contributed by atoms with Crippen LogP contribution in [0.15, 0.2) is 42.5 Å². The molecule has 1 aliphatic rings. The molecular weight excluding hydrogens is 253 g/mol. The normalized spacial score (nSPS) is 17.9. The summed E-state index contributed by atoms with van der Waals surface area (Å²) in [5, 5.41) is 9.84. The van der Waals surface area contributed by atoms with Crippen LogP contribution in [-0.4, -0.2) is 11.7 Å². The number of anilines is 1. The van der Waals surface area contributed by atoms with E-state index < -0.39 is 5.82 Å². The Balaban J connectivity index is 1.93. The SMILES string of the molecule is CC1Cc2ccccc2N(Cc2cccc(F)c2O)C1. The second kappa shape index (κ2) is 5.16. The second-order valence-corrected chi connectivity index (χ2v) is 5.57. The Kier molecular flexibility index (Phi) is 3.35. The van der Waals surface area contributed by atoms with E-state index in [1.165, 1.54) is 17.3 Å². The summed E-state index contributed by atoms with van der Waals surface area (Å²) in [5.41, 5.74) is 3.14. The van der Waals surface area contributed by atoms with E-state index in [2.05, 4.69) is 30.0 Å². The third-order valence-corrected chi connectivity index (χ3v) is 3.86. The van der Waals surface area contributed by atoms with E-state index in [9.17, 15) is 9.50 Å². The summed E-state index contributed by atoms with van der Waals surface area (Å²) in [6.07, 6.45) is 1.07. The van der Waals surface area contributed by atoms with Crippen LogP contribution in [0.3, 0.4) is 0 Å².